The van der Waals surface area contributed by atoms with Crippen LogP contribution in [0.2, 0.25) is 0 Å². The smallest absolute Gasteiger partial charge is 0.228 e. The number of nitrogens with two attached hydrogens (primary N) is 1. The highest BCUT2D eigenvalue weighted by Crippen LogP contribution is 2.28. The zero-order chi connectivity index (χ0) is 25.4. The molecular formula is C26H30F2N6O. The lowest BCUT2D eigenvalue weighted by Gasteiger charge is -2.24. The van der Waals surface area contributed by atoms with Gasteiger partial charge in [-0.25, -0.2) is 14.4 Å². The molecule has 0 spiro atoms. The number of nitrogens with one attached hydrogen (secondary N) is 1. The van der Waals surface area contributed by atoms with E-state index in [0.29, 0.717) is 29.5 Å². The predicted molar refractivity (Wildman–Crippen MR) is 131 cm³/mol. The zero-order valence-corrected chi connectivity index (χ0v) is 20.0. The fraction of sp³-hybridized carbons (Fsp3) is 0.308. The van der Waals surface area contributed by atoms with Crippen LogP contribution >= 0.6 is 0 Å². The van der Waals surface area contributed by atoms with Crippen molar-refractivity contribution in [2.75, 3.05) is 0 Å². The number of hydrogen-bond acceptors (Lipinski definition) is 7. The van der Waals surface area contributed by atoms with Crippen LogP contribution in [0, 0.1) is 18.7 Å². The summed E-state index contributed by atoms with van der Waals surface area (Å²) in [6.07, 6.45) is 7.26. The lowest BCUT2D eigenvalue weighted by atomic mass is 9.92. The topological polar surface area (TPSA) is 103 Å². The van der Waals surface area contributed by atoms with Crippen molar-refractivity contribution in [2.24, 2.45) is 5.73 Å². The van der Waals surface area contributed by atoms with Crippen LogP contribution in [-0.2, 0) is 6.42 Å². The van der Waals surface area contributed by atoms with Crippen LogP contribution in [0.25, 0.3) is 11.5 Å². The molecule has 1 unspecified atom stereocenters. The van der Waals surface area contributed by atoms with Crippen molar-refractivity contribution in [3.8, 4) is 11.5 Å². The monoisotopic (exact) mass is 480 g/mol. The molecule has 4 rings (SSSR count). The molecule has 0 saturated heterocycles. The maximum Gasteiger partial charge on any atom is 0.228 e. The Labute approximate surface area is 203 Å². The SMILES string of the molecule is C=C(C)C1=C(NC(=C)C(N)Cc2nc(-c3ccc(F)cn3)no2)CCCC1.Cc1ccc(F)nc1. The number of halogens is 2. The van der Waals surface area contributed by atoms with Crippen LogP contribution < -0.4 is 11.1 Å². The standard InChI is InChI=1S/C20H24FN5O.C6H6FN/c1-12(2)15-6-4-5-7-17(15)24-13(3)16(22)10-19-25-20(26-27-19)18-9-8-14(21)11-23-18;1-5-2-3-6(7)8-4-5/h8-9,11,16,24H,1,3-7,10,22H2,2H3;2-4H,1H3. The first kappa shape index (κ1) is 25.9. The molecule has 184 valence electrons. The van der Waals surface area contributed by atoms with Crippen LogP contribution in [0.3, 0.4) is 0 Å². The second-order valence-corrected chi connectivity index (χ2v) is 8.44. The van der Waals surface area contributed by atoms with Crippen LogP contribution in [-0.4, -0.2) is 26.2 Å². The number of pyridine rings is 2. The van der Waals surface area contributed by atoms with E-state index in [2.05, 4.69) is 38.6 Å². The molecule has 3 aromatic heterocycles. The maximum atomic E-state index is 13.0. The van der Waals surface area contributed by atoms with Crippen LogP contribution in [0.1, 0.15) is 44.1 Å². The summed E-state index contributed by atoms with van der Waals surface area (Å²) in [7, 11) is 0. The molecule has 0 amide bonds. The summed E-state index contributed by atoms with van der Waals surface area (Å²) in [6.45, 7) is 12.0. The van der Waals surface area contributed by atoms with Gasteiger partial charge in [-0.2, -0.15) is 9.37 Å². The minimum absolute atomic E-state index is 0.301. The van der Waals surface area contributed by atoms with Gasteiger partial charge in [-0.3, -0.25) is 0 Å². The van der Waals surface area contributed by atoms with Crippen molar-refractivity contribution in [1.82, 2.24) is 25.4 Å². The zero-order valence-electron chi connectivity index (χ0n) is 20.0. The Balaban J connectivity index is 0.000000363. The average molecular weight is 481 g/mol. The van der Waals surface area contributed by atoms with Gasteiger partial charge in [0.05, 0.1) is 12.2 Å². The van der Waals surface area contributed by atoms with Gasteiger partial charge >= 0.3 is 0 Å². The molecule has 0 fully saturated rings. The molecule has 0 aromatic carbocycles. The van der Waals surface area contributed by atoms with Crippen molar-refractivity contribution in [3.05, 3.63) is 95.6 Å². The first-order valence-electron chi connectivity index (χ1n) is 11.3. The van der Waals surface area contributed by atoms with E-state index >= 15 is 0 Å². The molecule has 1 atom stereocenters. The van der Waals surface area contributed by atoms with Crippen molar-refractivity contribution < 1.29 is 13.3 Å². The summed E-state index contributed by atoms with van der Waals surface area (Å²) in [4.78, 5) is 11.6. The average Bonchev–Trinajstić information content (AvgIpc) is 3.30. The lowest BCUT2D eigenvalue weighted by Crippen LogP contribution is -2.33. The largest absolute Gasteiger partial charge is 0.361 e. The maximum absolute atomic E-state index is 13.0. The Morgan fingerprint density at radius 1 is 1.11 bits per heavy atom. The molecule has 35 heavy (non-hydrogen) atoms. The van der Waals surface area contributed by atoms with Gasteiger partial charge in [0, 0.05) is 24.0 Å². The molecule has 0 saturated carbocycles. The van der Waals surface area contributed by atoms with Gasteiger partial charge in [0.15, 0.2) is 0 Å². The van der Waals surface area contributed by atoms with Gasteiger partial charge in [-0.1, -0.05) is 30.0 Å². The number of aromatic nitrogens is 4. The predicted octanol–water partition coefficient (Wildman–Crippen LogP) is 5.18. The molecule has 3 aromatic rings. The summed E-state index contributed by atoms with van der Waals surface area (Å²) in [5.74, 6) is -0.159. The summed E-state index contributed by atoms with van der Waals surface area (Å²) in [6, 6.07) is 5.43. The number of hydrogen-bond donors (Lipinski definition) is 2. The van der Waals surface area contributed by atoms with E-state index in [1.54, 1.807) is 6.07 Å². The molecule has 1 aliphatic carbocycles. The number of allylic oxidation sites excluding steroid dienone is 3. The molecule has 7 nitrogen and oxygen atoms in total. The first-order valence-corrected chi connectivity index (χ1v) is 11.3. The van der Waals surface area contributed by atoms with Gasteiger partial charge in [0.1, 0.15) is 11.5 Å². The molecule has 3 heterocycles. The normalized spacial score (nSPS) is 14.1. The van der Waals surface area contributed by atoms with Gasteiger partial charge < -0.3 is 15.6 Å². The molecule has 3 N–H and O–H groups in total. The van der Waals surface area contributed by atoms with E-state index in [0.717, 1.165) is 42.3 Å². The fourth-order valence-corrected chi connectivity index (χ4v) is 3.51. The Kier molecular flexibility index (Phi) is 8.97. The molecular weight excluding hydrogens is 450 g/mol. The van der Waals surface area contributed by atoms with Crippen LogP contribution in [0.4, 0.5) is 8.78 Å². The molecule has 0 aliphatic heterocycles. The third-order valence-corrected chi connectivity index (χ3v) is 5.44. The van der Waals surface area contributed by atoms with E-state index in [-0.39, 0.29) is 6.04 Å². The number of rotatable bonds is 7. The van der Waals surface area contributed by atoms with E-state index in [9.17, 15) is 8.78 Å². The van der Waals surface area contributed by atoms with Gasteiger partial charge in [0.2, 0.25) is 17.7 Å². The Bertz CT molecular complexity index is 1160. The van der Waals surface area contributed by atoms with E-state index < -0.39 is 11.8 Å². The third kappa shape index (κ3) is 7.65. The van der Waals surface area contributed by atoms with Gasteiger partial charge in [-0.15, -0.1) is 0 Å². The van der Waals surface area contributed by atoms with Crippen molar-refractivity contribution in [1.29, 1.82) is 0 Å². The van der Waals surface area contributed by atoms with Crippen LogP contribution in [0.15, 0.2) is 76.9 Å². The molecule has 0 bridgehead atoms. The second kappa shape index (κ2) is 12.1. The highest BCUT2D eigenvalue weighted by atomic mass is 19.1. The van der Waals surface area contributed by atoms with Crippen molar-refractivity contribution in [2.45, 2.75) is 52.0 Å². The summed E-state index contributed by atoms with van der Waals surface area (Å²) in [5, 5.41) is 7.25. The third-order valence-electron chi connectivity index (χ3n) is 5.44. The van der Waals surface area contributed by atoms with E-state index in [1.807, 2.05) is 13.8 Å². The summed E-state index contributed by atoms with van der Waals surface area (Å²) >= 11 is 0. The lowest BCUT2D eigenvalue weighted by molar-refractivity contribution is 0.372. The first-order chi connectivity index (χ1) is 16.7. The van der Waals surface area contributed by atoms with Gasteiger partial charge in [0.25, 0.3) is 0 Å². The Morgan fingerprint density at radius 3 is 2.51 bits per heavy atom. The Morgan fingerprint density at radius 2 is 1.89 bits per heavy atom. The molecule has 9 heteroatoms. The summed E-state index contributed by atoms with van der Waals surface area (Å²) < 4.78 is 30.2. The van der Waals surface area contributed by atoms with Gasteiger partial charge in [-0.05, 0) is 68.9 Å². The summed E-state index contributed by atoms with van der Waals surface area (Å²) in [5.41, 5.74) is 11.9. The highest BCUT2D eigenvalue weighted by molar-refractivity contribution is 5.47. The Hall–Kier alpha value is -3.72. The molecule has 1 aliphatic rings. The van der Waals surface area contributed by atoms with E-state index in [4.69, 9.17) is 10.3 Å². The van der Waals surface area contributed by atoms with Crippen molar-refractivity contribution >= 4 is 0 Å². The quantitative estimate of drug-likeness (QED) is 0.449. The minimum atomic E-state index is -0.421. The minimum Gasteiger partial charge on any atom is -0.361 e. The van der Waals surface area contributed by atoms with E-state index in [1.165, 1.54) is 36.4 Å². The fourth-order valence-electron chi connectivity index (χ4n) is 3.51. The van der Waals surface area contributed by atoms with Crippen molar-refractivity contribution in [3.63, 3.8) is 0 Å². The molecule has 0 radical (unpaired) electrons. The number of nitrogens with zero attached hydrogens (tertiary/aromatic N) is 4. The second-order valence-electron chi connectivity index (χ2n) is 8.44. The number of aryl methyl sites for hydroxylation is 1. The highest BCUT2D eigenvalue weighted by Gasteiger charge is 2.19. The van der Waals surface area contributed by atoms with Crippen LogP contribution in [0.5, 0.6) is 0 Å².